The SMILES string of the molecule is CCCCC/C=C\C/C=C\C/C=C\C/C=C\CCCCCCCCCCCCC/C=C/C(=O)SCCNC(=O)CCNC(=O)[C@H](O)C(C)(C)COP(=O)([O-])OP(=O)([O-])OC[C@H]1O[C@@H](n2cnc3c(N)ncnc32)[C@H](O)[C@@H]1OP(=O)([O-])[O-]. The van der Waals surface area contributed by atoms with Crippen molar-refractivity contribution in [1.82, 2.24) is 30.2 Å². The molecule has 28 heteroatoms. The molecule has 0 spiro atoms. The lowest BCUT2D eigenvalue weighted by atomic mass is 9.87. The number of anilines is 1. The minimum Gasteiger partial charge on any atom is -0.790 e. The molecule has 2 amide bonds. The number of nitrogen functional groups attached to an aromatic ring is 1. The first-order valence-electron chi connectivity index (χ1n) is 27.8. The van der Waals surface area contributed by atoms with Crippen molar-refractivity contribution in [2.24, 2.45) is 5.41 Å². The highest BCUT2D eigenvalue weighted by molar-refractivity contribution is 8.14. The number of thioether (sulfide) groups is 1. The normalized spacial score (nSPS) is 19.2. The largest absolute Gasteiger partial charge is 0.790 e. The number of phosphoric ester groups is 3. The lowest BCUT2D eigenvalue weighted by Crippen LogP contribution is -2.46. The van der Waals surface area contributed by atoms with Gasteiger partial charge >= 0.3 is 0 Å². The average molecular weight is 1220 g/mol. The molecule has 3 heterocycles. The molecule has 1 saturated heterocycles. The van der Waals surface area contributed by atoms with Crippen LogP contribution in [0.15, 0.2) is 73.4 Å². The first kappa shape index (κ1) is 71.5. The first-order chi connectivity index (χ1) is 38.6. The molecule has 0 aliphatic carbocycles. The molecular weight excluding hydrogens is 1130 g/mol. The van der Waals surface area contributed by atoms with Crippen LogP contribution in [-0.2, 0) is 50.7 Å². The number of fused-ring (bicyclic) bond motifs is 1. The molecule has 2 aromatic heterocycles. The number of nitrogens with two attached hydrogens (primary N) is 1. The Labute approximate surface area is 480 Å². The number of allylic oxidation sites excluding steroid dienone is 9. The van der Waals surface area contributed by atoms with Gasteiger partial charge in [-0.25, -0.2) is 19.3 Å². The van der Waals surface area contributed by atoms with E-state index < -0.39 is 84.6 Å². The Morgan fingerprint density at radius 2 is 1.32 bits per heavy atom. The van der Waals surface area contributed by atoms with Gasteiger partial charge in [0.15, 0.2) is 17.7 Å². The summed E-state index contributed by atoms with van der Waals surface area (Å²) in [5.41, 5.74) is 4.09. The van der Waals surface area contributed by atoms with E-state index in [9.17, 15) is 57.9 Å². The molecule has 0 radical (unpaired) electrons. The van der Waals surface area contributed by atoms with Gasteiger partial charge in [0.1, 0.15) is 36.3 Å². The Bertz CT molecular complexity index is 2490. The number of amides is 2. The minimum absolute atomic E-state index is 0.0203. The van der Waals surface area contributed by atoms with Crippen molar-refractivity contribution in [1.29, 1.82) is 0 Å². The fourth-order valence-electron chi connectivity index (χ4n) is 8.16. The maximum atomic E-state index is 12.7. The van der Waals surface area contributed by atoms with Crippen LogP contribution in [0.25, 0.3) is 11.2 Å². The van der Waals surface area contributed by atoms with E-state index in [0.717, 1.165) is 73.9 Å². The Balaban J connectivity index is 1.18. The number of aromatic nitrogens is 4. The second-order valence-electron chi connectivity index (χ2n) is 20.1. The van der Waals surface area contributed by atoms with Gasteiger partial charge in [-0.1, -0.05) is 158 Å². The molecule has 3 rings (SSSR count). The number of carbonyl (C=O) groups is 3. The molecule has 0 saturated carbocycles. The molecule has 458 valence electrons. The van der Waals surface area contributed by atoms with Gasteiger partial charge in [-0.05, 0) is 63.9 Å². The zero-order valence-electron chi connectivity index (χ0n) is 46.8. The monoisotopic (exact) mass is 1220 g/mol. The quantitative estimate of drug-likeness (QED) is 0.0198. The molecule has 2 aromatic rings. The lowest BCUT2D eigenvalue weighted by molar-refractivity contribution is -0.347. The second-order valence-corrected chi connectivity index (χ2v) is 25.3. The van der Waals surface area contributed by atoms with Crippen LogP contribution in [0.1, 0.15) is 162 Å². The highest BCUT2D eigenvalue weighted by Gasteiger charge is 2.47. The van der Waals surface area contributed by atoms with Crippen LogP contribution in [0.3, 0.4) is 0 Å². The Morgan fingerprint density at radius 3 is 1.90 bits per heavy atom. The zero-order chi connectivity index (χ0) is 59.6. The van der Waals surface area contributed by atoms with Crippen LogP contribution >= 0.6 is 35.2 Å². The van der Waals surface area contributed by atoms with Gasteiger partial charge in [0.2, 0.25) is 16.9 Å². The van der Waals surface area contributed by atoms with E-state index in [1.807, 2.05) is 6.08 Å². The van der Waals surface area contributed by atoms with Crippen LogP contribution < -0.4 is 35.9 Å². The van der Waals surface area contributed by atoms with Crippen molar-refractivity contribution in [3.63, 3.8) is 0 Å². The highest BCUT2D eigenvalue weighted by atomic mass is 32.2. The summed E-state index contributed by atoms with van der Waals surface area (Å²) in [7, 11) is -17.6. The van der Waals surface area contributed by atoms with E-state index >= 15 is 0 Å². The first-order valence-corrected chi connectivity index (χ1v) is 33.2. The number of aliphatic hydroxyl groups excluding tert-OH is 2. The van der Waals surface area contributed by atoms with Crippen molar-refractivity contribution < 1.29 is 80.5 Å². The van der Waals surface area contributed by atoms with E-state index in [-0.39, 0.29) is 41.6 Å². The maximum Gasteiger partial charge on any atom is 0.274 e. The van der Waals surface area contributed by atoms with Crippen LogP contribution in [0.4, 0.5) is 5.82 Å². The summed E-state index contributed by atoms with van der Waals surface area (Å²) in [6.45, 7) is 2.34. The summed E-state index contributed by atoms with van der Waals surface area (Å²) in [5, 5.41) is 26.4. The number of hydrogen-bond donors (Lipinski definition) is 5. The van der Waals surface area contributed by atoms with Crippen LogP contribution in [0.2, 0.25) is 0 Å². The molecule has 1 fully saturated rings. The van der Waals surface area contributed by atoms with Crippen LogP contribution in [-0.4, -0.2) is 103 Å². The standard InChI is InChI=1S/C53H88N7O17P3S/c1-4-5-6-7-8-9-10-11-12-13-14-15-16-17-18-19-20-21-22-23-24-25-26-27-28-29-30-31-32-33-44(62)81-37-36-55-43(61)34-35-56-51(65)48(64)53(2,3)39-74-80(71,72)77-79(69,70)73-38-42-47(76-78(66,67)68)46(63)52(75-42)60-41-59-45-49(54)57-40-58-50(45)60/h8-9,11-12,14-15,17-18,32-33,40-42,46-48,52,63-64H,4-7,10,13,16,19-31,34-39H2,1-3H3,(H,55,61)(H,56,65)(H,69,70)(H,71,72)(H2,54,57,58)(H2,66,67,68)/p-4/b9-8-,12-11-,15-14-,18-17-,33-32+/t42-,46-,47-,48+,52-/m1/s1. The number of phosphoric acid groups is 3. The highest BCUT2D eigenvalue weighted by Crippen LogP contribution is 2.56. The van der Waals surface area contributed by atoms with Gasteiger partial charge in [-0.2, -0.15) is 0 Å². The van der Waals surface area contributed by atoms with Gasteiger partial charge in [-0.15, -0.1) is 0 Å². The summed E-state index contributed by atoms with van der Waals surface area (Å²) in [5.74, 6) is -1.21. The minimum atomic E-state index is -5.93. The summed E-state index contributed by atoms with van der Waals surface area (Å²) in [4.78, 5) is 97.1. The second kappa shape index (κ2) is 39.0. The van der Waals surface area contributed by atoms with E-state index in [1.54, 1.807) is 6.08 Å². The van der Waals surface area contributed by atoms with Crippen LogP contribution in [0, 0.1) is 5.41 Å². The number of rotatable bonds is 44. The van der Waals surface area contributed by atoms with Gasteiger partial charge in [0.25, 0.3) is 15.6 Å². The molecule has 0 aromatic carbocycles. The number of ether oxygens (including phenoxy) is 1. The molecule has 7 atom stereocenters. The molecule has 6 N–H and O–H groups in total. The Hall–Kier alpha value is -3.74. The molecule has 1 aliphatic heterocycles. The smallest absolute Gasteiger partial charge is 0.274 e. The number of hydrogen-bond acceptors (Lipinski definition) is 22. The molecule has 2 unspecified atom stereocenters. The molecule has 1 aliphatic rings. The molecular formula is C53H84N7O17P3S-4. The molecule has 0 bridgehead atoms. The number of unbranched alkanes of at least 4 members (excludes halogenated alkanes) is 15. The van der Waals surface area contributed by atoms with Crippen molar-refractivity contribution in [2.45, 2.75) is 186 Å². The Morgan fingerprint density at radius 1 is 0.778 bits per heavy atom. The Kier molecular flexibility index (Phi) is 34.4. The van der Waals surface area contributed by atoms with Gasteiger partial charge in [0.05, 0.1) is 27.4 Å². The van der Waals surface area contributed by atoms with Crippen molar-refractivity contribution >= 4 is 69.1 Å². The predicted octanol–water partition coefficient (Wildman–Crippen LogP) is 6.74. The van der Waals surface area contributed by atoms with E-state index in [2.05, 4.69) is 99.0 Å². The summed E-state index contributed by atoms with van der Waals surface area (Å²) in [6.07, 6.45) is 37.5. The number of imidazole rings is 1. The summed E-state index contributed by atoms with van der Waals surface area (Å²) < 4.78 is 61.0. The van der Waals surface area contributed by atoms with E-state index in [4.69, 9.17) is 10.5 Å². The number of aliphatic hydroxyl groups is 2. The third-order valence-corrected chi connectivity index (χ3v) is 16.5. The van der Waals surface area contributed by atoms with Crippen molar-refractivity contribution in [3.05, 3.63) is 73.4 Å². The average Bonchev–Trinajstić information content (AvgIpc) is 4.11. The zero-order valence-corrected chi connectivity index (χ0v) is 50.3. The van der Waals surface area contributed by atoms with Gasteiger partial charge < -0.3 is 69.0 Å². The topological polar surface area (TPSA) is 375 Å². The van der Waals surface area contributed by atoms with E-state index in [1.165, 1.54) is 97.3 Å². The lowest BCUT2D eigenvalue weighted by Gasteiger charge is -2.36. The summed E-state index contributed by atoms with van der Waals surface area (Å²) >= 11 is 1.06. The fraction of sp³-hybridized carbons (Fsp3) is 0.660. The van der Waals surface area contributed by atoms with Crippen molar-refractivity contribution in [3.8, 4) is 0 Å². The third kappa shape index (κ3) is 30.6. The van der Waals surface area contributed by atoms with Gasteiger partial charge in [0, 0.05) is 30.7 Å². The maximum absolute atomic E-state index is 12.7. The van der Waals surface area contributed by atoms with Crippen molar-refractivity contribution in [2.75, 3.05) is 37.8 Å². The summed E-state index contributed by atoms with van der Waals surface area (Å²) in [6, 6.07) is 0. The number of nitrogens with one attached hydrogen (secondary N) is 2. The predicted molar refractivity (Wildman–Crippen MR) is 302 cm³/mol. The molecule has 81 heavy (non-hydrogen) atoms. The molecule has 24 nitrogen and oxygen atoms in total. The third-order valence-electron chi connectivity index (χ3n) is 12.7. The van der Waals surface area contributed by atoms with E-state index in [0.29, 0.717) is 5.75 Å². The van der Waals surface area contributed by atoms with Gasteiger partial charge in [-0.3, -0.25) is 28.1 Å². The number of carbonyl (C=O) groups excluding carboxylic acids is 3. The fourth-order valence-corrected chi connectivity index (χ4v) is 11.5. The van der Waals surface area contributed by atoms with Crippen LogP contribution in [0.5, 0.6) is 0 Å². The number of nitrogens with zero attached hydrogens (tertiary/aromatic N) is 4.